The molecule has 0 aliphatic heterocycles. The summed E-state index contributed by atoms with van der Waals surface area (Å²) in [4.78, 5) is 0. The highest BCUT2D eigenvalue weighted by atomic mass is 15.3. The van der Waals surface area contributed by atoms with Gasteiger partial charge in [0.2, 0.25) is 0 Å². The molecule has 0 amide bonds. The zero-order valence-electron chi connectivity index (χ0n) is 12.5. The second-order valence-corrected chi connectivity index (χ2v) is 6.40. The predicted molar refractivity (Wildman–Crippen MR) is 81.4 cm³/mol. The van der Waals surface area contributed by atoms with Crippen molar-refractivity contribution in [1.82, 2.24) is 15.1 Å². The minimum absolute atomic E-state index is 0.306. The molecule has 1 N–H and O–H groups in total. The van der Waals surface area contributed by atoms with Crippen LogP contribution in [0.3, 0.4) is 0 Å². The van der Waals surface area contributed by atoms with Crippen molar-refractivity contribution >= 4 is 0 Å². The second-order valence-electron chi connectivity index (χ2n) is 6.40. The lowest BCUT2D eigenvalue weighted by atomic mass is 9.56. The Balaban J connectivity index is 1.63. The molecular formula is C17H23N3. The fourth-order valence-electron chi connectivity index (χ4n) is 3.33. The van der Waals surface area contributed by atoms with Gasteiger partial charge in [-0.3, -0.25) is 4.68 Å². The number of rotatable bonds is 4. The van der Waals surface area contributed by atoms with Gasteiger partial charge in [-0.15, -0.1) is 0 Å². The van der Waals surface area contributed by atoms with Crippen molar-refractivity contribution in [3.8, 4) is 0 Å². The van der Waals surface area contributed by atoms with Gasteiger partial charge in [-0.25, -0.2) is 0 Å². The molecule has 1 heterocycles. The minimum atomic E-state index is 0.306. The van der Waals surface area contributed by atoms with Crippen molar-refractivity contribution in [3.63, 3.8) is 0 Å². The normalized spacial score (nSPS) is 24.4. The molecule has 0 saturated heterocycles. The van der Waals surface area contributed by atoms with Gasteiger partial charge in [-0.05, 0) is 29.4 Å². The van der Waals surface area contributed by atoms with Gasteiger partial charge in [0.05, 0.1) is 5.69 Å². The molecule has 0 radical (unpaired) electrons. The Morgan fingerprint density at radius 3 is 2.60 bits per heavy atom. The summed E-state index contributed by atoms with van der Waals surface area (Å²) < 4.78 is 1.94. The van der Waals surface area contributed by atoms with Crippen LogP contribution in [0.1, 0.15) is 37.4 Å². The minimum Gasteiger partial charge on any atom is -0.308 e. The van der Waals surface area contributed by atoms with Crippen LogP contribution in [0.4, 0.5) is 0 Å². The summed E-state index contributed by atoms with van der Waals surface area (Å²) in [5.41, 5.74) is 3.01. The van der Waals surface area contributed by atoms with Crippen LogP contribution in [-0.2, 0) is 13.6 Å². The molecule has 20 heavy (non-hydrogen) atoms. The third-order valence-electron chi connectivity index (χ3n) is 4.92. The van der Waals surface area contributed by atoms with Crippen molar-refractivity contribution in [2.24, 2.45) is 12.5 Å². The Morgan fingerprint density at radius 2 is 2.00 bits per heavy atom. The van der Waals surface area contributed by atoms with Gasteiger partial charge >= 0.3 is 0 Å². The summed E-state index contributed by atoms with van der Waals surface area (Å²) in [6, 6.07) is 13.5. The molecule has 3 nitrogen and oxygen atoms in total. The monoisotopic (exact) mass is 269 g/mol. The van der Waals surface area contributed by atoms with Crippen molar-refractivity contribution < 1.29 is 0 Å². The molecule has 0 bridgehead atoms. The molecule has 106 valence electrons. The molecule has 1 aromatic heterocycles. The fourth-order valence-corrected chi connectivity index (χ4v) is 3.33. The number of nitrogens with zero attached hydrogens (tertiary/aromatic N) is 2. The first kappa shape index (κ1) is 13.4. The lowest BCUT2D eigenvalue weighted by Gasteiger charge is -2.53. The van der Waals surface area contributed by atoms with Crippen molar-refractivity contribution in [1.29, 1.82) is 0 Å². The maximum absolute atomic E-state index is 4.21. The number of nitrogens with one attached hydrogen (secondary N) is 1. The van der Waals surface area contributed by atoms with E-state index in [0.29, 0.717) is 17.4 Å². The molecule has 2 atom stereocenters. The molecule has 1 aromatic carbocycles. The first-order valence-electron chi connectivity index (χ1n) is 7.34. The van der Waals surface area contributed by atoms with Crippen LogP contribution in [0, 0.1) is 5.41 Å². The van der Waals surface area contributed by atoms with Crippen LogP contribution in [0.25, 0.3) is 0 Å². The number of aromatic nitrogens is 2. The van der Waals surface area contributed by atoms with Gasteiger partial charge in [-0.1, -0.05) is 44.2 Å². The van der Waals surface area contributed by atoms with Crippen molar-refractivity contribution in [3.05, 3.63) is 53.9 Å². The van der Waals surface area contributed by atoms with E-state index in [1.54, 1.807) is 0 Å². The molecule has 3 rings (SSSR count). The van der Waals surface area contributed by atoms with Gasteiger partial charge in [0.15, 0.2) is 0 Å². The lowest BCUT2D eigenvalue weighted by molar-refractivity contribution is 0.0674. The summed E-state index contributed by atoms with van der Waals surface area (Å²) in [6.45, 7) is 5.64. The van der Waals surface area contributed by atoms with Gasteiger partial charge < -0.3 is 5.32 Å². The highest BCUT2D eigenvalue weighted by Gasteiger charge is 2.48. The standard InChI is InChI=1S/C17H23N3/c1-17(2)15(13-7-5-4-6-8-13)11-16(17)18-12-14-9-10-19-20(14)3/h4-10,15-16,18H,11-12H2,1-3H3/t15-,16+/m1/s1. The third kappa shape index (κ3) is 2.27. The summed E-state index contributed by atoms with van der Waals surface area (Å²) in [6.07, 6.45) is 3.07. The fraction of sp³-hybridized carbons (Fsp3) is 0.471. The van der Waals surface area contributed by atoms with E-state index in [4.69, 9.17) is 0 Å². The number of hydrogen-bond donors (Lipinski definition) is 1. The maximum Gasteiger partial charge on any atom is 0.0518 e. The summed E-state index contributed by atoms with van der Waals surface area (Å²) in [5, 5.41) is 7.91. The van der Waals surface area contributed by atoms with Crippen LogP contribution < -0.4 is 5.32 Å². The third-order valence-corrected chi connectivity index (χ3v) is 4.92. The summed E-state index contributed by atoms with van der Waals surface area (Å²) >= 11 is 0. The van der Waals surface area contributed by atoms with Crippen molar-refractivity contribution in [2.75, 3.05) is 0 Å². The molecule has 0 spiro atoms. The molecule has 1 aliphatic carbocycles. The average molecular weight is 269 g/mol. The first-order valence-corrected chi connectivity index (χ1v) is 7.34. The van der Waals surface area contributed by atoms with E-state index in [1.807, 2.05) is 17.9 Å². The Bertz CT molecular complexity index is 571. The SMILES string of the molecule is Cn1nccc1CN[C@H]1C[C@H](c2ccccc2)C1(C)C. The largest absolute Gasteiger partial charge is 0.308 e. The smallest absolute Gasteiger partial charge is 0.0518 e. The molecule has 0 unspecified atom stereocenters. The Morgan fingerprint density at radius 1 is 1.25 bits per heavy atom. The van der Waals surface area contributed by atoms with Gasteiger partial charge in [0.25, 0.3) is 0 Å². The highest BCUT2D eigenvalue weighted by molar-refractivity contribution is 5.27. The van der Waals surface area contributed by atoms with Crippen LogP contribution in [0.15, 0.2) is 42.6 Å². The molecule has 3 heteroatoms. The van der Waals surface area contributed by atoms with E-state index in [0.717, 1.165) is 6.54 Å². The molecule has 1 fully saturated rings. The second kappa shape index (κ2) is 5.06. The Kier molecular flexibility index (Phi) is 3.38. The number of benzene rings is 1. The van der Waals surface area contributed by atoms with Gasteiger partial charge in [-0.2, -0.15) is 5.10 Å². The Labute approximate surface area is 121 Å². The highest BCUT2D eigenvalue weighted by Crippen LogP contribution is 2.52. The van der Waals surface area contributed by atoms with Crippen LogP contribution in [0.5, 0.6) is 0 Å². The van der Waals surface area contributed by atoms with E-state index in [1.165, 1.54) is 17.7 Å². The zero-order valence-corrected chi connectivity index (χ0v) is 12.5. The van der Waals surface area contributed by atoms with Crippen LogP contribution in [-0.4, -0.2) is 15.8 Å². The zero-order chi connectivity index (χ0) is 14.2. The van der Waals surface area contributed by atoms with Gasteiger partial charge in [0.1, 0.15) is 0 Å². The number of aryl methyl sites for hydroxylation is 1. The first-order chi connectivity index (χ1) is 9.59. The summed E-state index contributed by atoms with van der Waals surface area (Å²) in [7, 11) is 2.00. The molecule has 2 aromatic rings. The van der Waals surface area contributed by atoms with E-state index < -0.39 is 0 Å². The molecule has 1 saturated carbocycles. The van der Waals surface area contributed by atoms with E-state index in [9.17, 15) is 0 Å². The molecular weight excluding hydrogens is 246 g/mol. The van der Waals surface area contributed by atoms with Crippen LogP contribution >= 0.6 is 0 Å². The van der Waals surface area contributed by atoms with E-state index >= 15 is 0 Å². The maximum atomic E-state index is 4.21. The van der Waals surface area contributed by atoms with Crippen LogP contribution in [0.2, 0.25) is 0 Å². The lowest BCUT2D eigenvalue weighted by Crippen LogP contribution is -2.55. The number of hydrogen-bond acceptors (Lipinski definition) is 2. The van der Waals surface area contributed by atoms with E-state index in [2.05, 4.69) is 60.7 Å². The molecule has 1 aliphatic rings. The van der Waals surface area contributed by atoms with Crippen molar-refractivity contribution in [2.45, 2.75) is 38.8 Å². The Hall–Kier alpha value is -1.61. The quantitative estimate of drug-likeness (QED) is 0.924. The summed E-state index contributed by atoms with van der Waals surface area (Å²) in [5.74, 6) is 0.660. The average Bonchev–Trinajstić information content (AvgIpc) is 2.84. The topological polar surface area (TPSA) is 29.9 Å². The van der Waals surface area contributed by atoms with E-state index in [-0.39, 0.29) is 0 Å². The van der Waals surface area contributed by atoms with Gasteiger partial charge in [0, 0.05) is 25.8 Å². The predicted octanol–water partition coefficient (Wildman–Crippen LogP) is 3.09.